The first-order valence-corrected chi connectivity index (χ1v) is 12.4. The second-order valence-corrected chi connectivity index (χ2v) is 10.6. The van der Waals surface area contributed by atoms with Crippen LogP contribution in [0, 0.1) is 12.8 Å². The molecule has 0 amide bonds. The van der Waals surface area contributed by atoms with Crippen molar-refractivity contribution in [3.05, 3.63) is 41.0 Å². The molecule has 3 aromatic rings. The summed E-state index contributed by atoms with van der Waals surface area (Å²) < 4.78 is 26.6. The summed E-state index contributed by atoms with van der Waals surface area (Å²) in [6.07, 6.45) is 2.71. The van der Waals surface area contributed by atoms with Gasteiger partial charge in [-0.05, 0) is 37.5 Å². The molecule has 1 atom stereocenters. The molecule has 3 heterocycles. The Bertz CT molecular complexity index is 1330. The molecular weight excluding hydrogens is 430 g/mol. The van der Waals surface area contributed by atoms with Crippen molar-refractivity contribution in [3.8, 4) is 0 Å². The van der Waals surface area contributed by atoms with Crippen LogP contribution in [0.25, 0.3) is 11.0 Å². The van der Waals surface area contributed by atoms with Crippen LogP contribution in [-0.2, 0) is 23.0 Å². The first-order chi connectivity index (χ1) is 15.0. The SMILES string of the molecule is CC(=O)c1cnc(N2CCn3c(nc4cc(CO)c(S(C)(=O)=O)cc43)[C@H]2C(C)C)nc1C. The number of benzene rings is 1. The molecule has 4 rings (SSSR count). The van der Waals surface area contributed by atoms with E-state index in [-0.39, 0.29) is 29.2 Å². The predicted molar refractivity (Wildman–Crippen MR) is 120 cm³/mol. The van der Waals surface area contributed by atoms with Crippen LogP contribution >= 0.6 is 0 Å². The van der Waals surface area contributed by atoms with Gasteiger partial charge in [-0.2, -0.15) is 0 Å². The summed E-state index contributed by atoms with van der Waals surface area (Å²) in [5.74, 6) is 1.43. The second-order valence-electron chi connectivity index (χ2n) is 8.61. The van der Waals surface area contributed by atoms with Gasteiger partial charge in [0.15, 0.2) is 15.6 Å². The van der Waals surface area contributed by atoms with E-state index in [1.807, 2.05) is 4.57 Å². The normalized spacial score (nSPS) is 16.6. The maximum absolute atomic E-state index is 12.3. The highest BCUT2D eigenvalue weighted by Gasteiger charge is 2.35. The van der Waals surface area contributed by atoms with Gasteiger partial charge in [-0.1, -0.05) is 13.8 Å². The Morgan fingerprint density at radius 3 is 2.53 bits per heavy atom. The van der Waals surface area contributed by atoms with Gasteiger partial charge >= 0.3 is 0 Å². The van der Waals surface area contributed by atoms with E-state index in [1.54, 1.807) is 25.3 Å². The lowest BCUT2D eigenvalue weighted by molar-refractivity contribution is 0.101. The van der Waals surface area contributed by atoms with E-state index in [4.69, 9.17) is 4.98 Å². The topological polar surface area (TPSA) is 118 Å². The van der Waals surface area contributed by atoms with E-state index in [9.17, 15) is 18.3 Å². The number of aliphatic hydroxyl groups is 1. The Balaban J connectivity index is 1.86. The lowest BCUT2D eigenvalue weighted by atomic mass is 10.00. The molecule has 1 aliphatic rings. The van der Waals surface area contributed by atoms with Gasteiger partial charge in [0.1, 0.15) is 5.82 Å². The summed E-state index contributed by atoms with van der Waals surface area (Å²) in [6, 6.07) is 3.13. The lowest BCUT2D eigenvalue weighted by Gasteiger charge is -2.38. The largest absolute Gasteiger partial charge is 0.392 e. The van der Waals surface area contributed by atoms with Crippen LogP contribution in [0.1, 0.15) is 54.3 Å². The molecule has 0 fully saturated rings. The average Bonchev–Trinajstić information content (AvgIpc) is 3.08. The van der Waals surface area contributed by atoms with Crippen molar-refractivity contribution in [2.24, 2.45) is 5.92 Å². The Hall–Kier alpha value is -2.85. The molecule has 0 radical (unpaired) electrons. The summed E-state index contributed by atoms with van der Waals surface area (Å²) in [6.45, 7) is 8.28. The van der Waals surface area contributed by atoms with Crippen molar-refractivity contribution >= 4 is 32.6 Å². The minimum Gasteiger partial charge on any atom is -0.392 e. The number of carbonyl (C=O) groups is 1. The van der Waals surface area contributed by atoms with Crippen LogP contribution in [0.15, 0.2) is 23.2 Å². The molecule has 0 unspecified atom stereocenters. The standard InChI is InChI=1S/C22H27N5O4S/c1-12(2)20-21-25-17-8-15(11-28)19(32(5,30)31)9-18(17)26(21)6-7-27(20)22-23-10-16(14(4)29)13(3)24-22/h8-10,12,20,28H,6-7,11H2,1-5H3/t20-/m1/s1. The molecule has 0 bridgehead atoms. The highest BCUT2D eigenvalue weighted by Crippen LogP contribution is 2.37. The molecule has 9 nitrogen and oxygen atoms in total. The number of carbonyl (C=O) groups excluding carboxylic acids is 1. The van der Waals surface area contributed by atoms with Gasteiger partial charge in [-0.25, -0.2) is 23.4 Å². The number of aryl methyl sites for hydroxylation is 1. The van der Waals surface area contributed by atoms with Crippen LogP contribution in [0.5, 0.6) is 0 Å². The monoisotopic (exact) mass is 457 g/mol. The molecule has 0 saturated carbocycles. The third-order valence-corrected chi connectivity index (χ3v) is 7.11. The molecule has 32 heavy (non-hydrogen) atoms. The maximum atomic E-state index is 12.3. The fourth-order valence-electron chi connectivity index (χ4n) is 4.45. The van der Waals surface area contributed by atoms with Crippen LogP contribution in [0.4, 0.5) is 5.95 Å². The van der Waals surface area contributed by atoms with E-state index in [0.29, 0.717) is 41.4 Å². The fraction of sp³-hybridized carbons (Fsp3) is 0.455. The summed E-state index contributed by atoms with van der Waals surface area (Å²) in [4.78, 5) is 27.9. The van der Waals surface area contributed by atoms with E-state index in [2.05, 4.69) is 28.7 Å². The summed E-state index contributed by atoms with van der Waals surface area (Å²) in [5.41, 5.74) is 2.85. The number of anilines is 1. The minimum absolute atomic E-state index is 0.0729. The smallest absolute Gasteiger partial charge is 0.226 e. The number of aliphatic hydroxyl groups excluding tert-OH is 1. The van der Waals surface area contributed by atoms with Crippen molar-refractivity contribution in [2.75, 3.05) is 17.7 Å². The van der Waals surface area contributed by atoms with E-state index in [0.717, 1.165) is 17.6 Å². The fourth-order valence-corrected chi connectivity index (χ4v) is 5.38. The number of fused-ring (bicyclic) bond motifs is 3. The van der Waals surface area contributed by atoms with Crippen molar-refractivity contribution in [3.63, 3.8) is 0 Å². The number of hydrogen-bond acceptors (Lipinski definition) is 8. The molecule has 0 saturated heterocycles. The summed E-state index contributed by atoms with van der Waals surface area (Å²) >= 11 is 0. The number of imidazole rings is 1. The molecule has 0 aliphatic carbocycles. The first-order valence-electron chi connectivity index (χ1n) is 10.5. The average molecular weight is 458 g/mol. The first kappa shape index (κ1) is 22.3. The molecule has 170 valence electrons. The number of aromatic nitrogens is 4. The number of Topliss-reactive ketones (excluding diaryl/α,β-unsaturated/α-hetero) is 1. The number of nitrogens with zero attached hydrogens (tertiary/aromatic N) is 5. The van der Waals surface area contributed by atoms with Crippen LogP contribution < -0.4 is 4.90 Å². The van der Waals surface area contributed by atoms with Gasteiger partial charge in [0.2, 0.25) is 5.95 Å². The van der Waals surface area contributed by atoms with Crippen molar-refractivity contribution in [1.82, 2.24) is 19.5 Å². The Morgan fingerprint density at radius 1 is 1.25 bits per heavy atom. The van der Waals surface area contributed by atoms with E-state index >= 15 is 0 Å². The van der Waals surface area contributed by atoms with Gasteiger partial charge in [-0.15, -0.1) is 0 Å². The Labute approximate surface area is 187 Å². The molecular formula is C22H27N5O4S. The van der Waals surface area contributed by atoms with Crippen LogP contribution in [0.3, 0.4) is 0 Å². The Morgan fingerprint density at radius 2 is 1.97 bits per heavy atom. The second kappa shape index (κ2) is 7.93. The quantitative estimate of drug-likeness (QED) is 0.581. The number of hydrogen-bond donors (Lipinski definition) is 1. The third-order valence-electron chi connectivity index (χ3n) is 5.93. The van der Waals surface area contributed by atoms with Crippen LogP contribution in [-0.4, -0.2) is 51.6 Å². The summed E-state index contributed by atoms with van der Waals surface area (Å²) in [5, 5.41) is 9.71. The number of ketones is 1. The highest BCUT2D eigenvalue weighted by molar-refractivity contribution is 7.90. The van der Waals surface area contributed by atoms with Gasteiger partial charge < -0.3 is 14.6 Å². The maximum Gasteiger partial charge on any atom is 0.226 e. The van der Waals surface area contributed by atoms with E-state index in [1.165, 1.54) is 6.92 Å². The van der Waals surface area contributed by atoms with Crippen molar-refractivity contribution < 1.29 is 18.3 Å². The van der Waals surface area contributed by atoms with Crippen LogP contribution in [0.2, 0.25) is 0 Å². The molecule has 1 aliphatic heterocycles. The molecule has 1 N–H and O–H groups in total. The number of rotatable bonds is 5. The molecule has 0 spiro atoms. The van der Waals surface area contributed by atoms with Gasteiger partial charge in [-0.3, -0.25) is 4.79 Å². The molecule has 1 aromatic carbocycles. The van der Waals surface area contributed by atoms with Gasteiger partial charge in [0.05, 0.1) is 39.8 Å². The number of sulfone groups is 1. The Kier molecular flexibility index (Phi) is 5.54. The van der Waals surface area contributed by atoms with Gasteiger partial charge in [0, 0.05) is 25.5 Å². The zero-order chi connectivity index (χ0) is 23.4. The van der Waals surface area contributed by atoms with Crippen molar-refractivity contribution in [2.45, 2.75) is 51.8 Å². The molecule has 10 heteroatoms. The predicted octanol–water partition coefficient (Wildman–Crippen LogP) is 2.45. The zero-order valence-corrected chi connectivity index (χ0v) is 19.6. The highest BCUT2D eigenvalue weighted by atomic mass is 32.2. The minimum atomic E-state index is -3.50. The van der Waals surface area contributed by atoms with Crippen molar-refractivity contribution in [1.29, 1.82) is 0 Å². The van der Waals surface area contributed by atoms with E-state index < -0.39 is 9.84 Å². The zero-order valence-electron chi connectivity index (χ0n) is 18.8. The molecule has 2 aromatic heterocycles. The third kappa shape index (κ3) is 3.67. The van der Waals surface area contributed by atoms with Gasteiger partial charge in [0.25, 0.3) is 0 Å². The summed E-state index contributed by atoms with van der Waals surface area (Å²) in [7, 11) is -3.50. The lowest BCUT2D eigenvalue weighted by Crippen LogP contribution is -2.42.